The van der Waals surface area contributed by atoms with Crippen LogP contribution in [0.25, 0.3) is 10.9 Å². The maximum Gasteiger partial charge on any atom is 0.328 e. The molecule has 7 nitrogen and oxygen atoms in total. The number of benzene rings is 1. The molecule has 2 aromatic rings. The lowest BCUT2D eigenvalue weighted by Crippen LogP contribution is -2.45. The number of carbonyl (C=O) groups excluding carboxylic acids is 1. The smallest absolute Gasteiger partial charge is 0.328 e. The van der Waals surface area contributed by atoms with E-state index in [2.05, 4.69) is 15.2 Å². The van der Waals surface area contributed by atoms with Crippen molar-refractivity contribution >= 4 is 16.8 Å². The summed E-state index contributed by atoms with van der Waals surface area (Å²) in [5.41, 5.74) is 0.0907. The molecule has 138 valence electrons. The van der Waals surface area contributed by atoms with Crippen LogP contribution in [0.3, 0.4) is 0 Å². The molecule has 1 aromatic heterocycles. The average molecular weight is 356 g/mol. The van der Waals surface area contributed by atoms with Crippen molar-refractivity contribution in [1.82, 2.24) is 19.8 Å². The van der Waals surface area contributed by atoms with Gasteiger partial charge in [0, 0.05) is 37.3 Å². The molecule has 7 heteroatoms. The molecule has 1 aliphatic carbocycles. The van der Waals surface area contributed by atoms with Crippen LogP contribution in [0.1, 0.15) is 43.0 Å². The number of nitrogens with zero attached hydrogens (tertiary/aromatic N) is 2. The van der Waals surface area contributed by atoms with Gasteiger partial charge in [-0.15, -0.1) is 0 Å². The zero-order chi connectivity index (χ0) is 18.3. The lowest BCUT2D eigenvalue weighted by molar-refractivity contribution is 0.0909. The molecule has 2 fully saturated rings. The van der Waals surface area contributed by atoms with Gasteiger partial charge in [-0.3, -0.25) is 14.2 Å². The molecule has 1 amide bonds. The maximum absolute atomic E-state index is 12.6. The van der Waals surface area contributed by atoms with Crippen molar-refractivity contribution < 1.29 is 4.79 Å². The maximum atomic E-state index is 12.6. The first-order valence-corrected chi connectivity index (χ1v) is 9.38. The SMILES string of the molecule is CCn1c(=O)[nH]c2cc(C(=O)NC3CCN(C4CC4)CC3)ccc2c1=O. The van der Waals surface area contributed by atoms with Gasteiger partial charge in [0.25, 0.3) is 11.5 Å². The Balaban J connectivity index is 1.50. The zero-order valence-corrected chi connectivity index (χ0v) is 15.0. The Labute approximate surface area is 151 Å². The number of hydrogen-bond donors (Lipinski definition) is 2. The van der Waals surface area contributed by atoms with E-state index in [1.54, 1.807) is 25.1 Å². The van der Waals surface area contributed by atoms with Crippen molar-refractivity contribution in [1.29, 1.82) is 0 Å². The van der Waals surface area contributed by atoms with Crippen molar-refractivity contribution in [2.75, 3.05) is 13.1 Å². The number of hydrogen-bond acceptors (Lipinski definition) is 4. The molecule has 2 N–H and O–H groups in total. The van der Waals surface area contributed by atoms with E-state index >= 15 is 0 Å². The summed E-state index contributed by atoms with van der Waals surface area (Å²) in [5, 5.41) is 3.51. The van der Waals surface area contributed by atoms with E-state index in [9.17, 15) is 14.4 Å². The van der Waals surface area contributed by atoms with Gasteiger partial charge in [-0.2, -0.15) is 0 Å². The second kappa shape index (κ2) is 6.72. The molecule has 2 aliphatic rings. The predicted molar refractivity (Wildman–Crippen MR) is 99.6 cm³/mol. The summed E-state index contributed by atoms with van der Waals surface area (Å²) in [6.45, 7) is 4.14. The van der Waals surface area contributed by atoms with Crippen molar-refractivity contribution in [2.45, 2.75) is 51.2 Å². The van der Waals surface area contributed by atoms with E-state index in [1.807, 2.05) is 0 Å². The van der Waals surface area contributed by atoms with Crippen molar-refractivity contribution in [2.24, 2.45) is 0 Å². The monoisotopic (exact) mass is 356 g/mol. The summed E-state index contributed by atoms with van der Waals surface area (Å²) >= 11 is 0. The van der Waals surface area contributed by atoms with E-state index in [1.165, 1.54) is 12.8 Å². The molecule has 4 rings (SSSR count). The molecular formula is C19H24N4O3. The third kappa shape index (κ3) is 3.19. The van der Waals surface area contributed by atoms with Crippen LogP contribution in [0, 0.1) is 0 Å². The summed E-state index contributed by atoms with van der Waals surface area (Å²) in [4.78, 5) is 42.1. The second-order valence-electron chi connectivity index (χ2n) is 7.25. The third-order valence-corrected chi connectivity index (χ3v) is 5.49. The van der Waals surface area contributed by atoms with Crippen molar-refractivity contribution in [3.8, 4) is 0 Å². The van der Waals surface area contributed by atoms with Crippen LogP contribution in [0.5, 0.6) is 0 Å². The molecule has 0 bridgehead atoms. The van der Waals surface area contributed by atoms with Gasteiger partial charge in [0.15, 0.2) is 0 Å². The minimum absolute atomic E-state index is 0.155. The van der Waals surface area contributed by atoms with Gasteiger partial charge >= 0.3 is 5.69 Å². The van der Waals surface area contributed by atoms with E-state index < -0.39 is 5.69 Å². The molecular weight excluding hydrogens is 332 g/mol. The Bertz CT molecular complexity index is 949. The van der Waals surface area contributed by atoms with Gasteiger partial charge in [-0.1, -0.05) is 0 Å². The predicted octanol–water partition coefficient (Wildman–Crippen LogP) is 1.07. The standard InChI is InChI=1S/C19H24N4O3/c1-2-23-18(25)15-6-3-12(11-16(15)21-19(23)26)17(24)20-13-7-9-22(10-8-13)14-4-5-14/h3,6,11,13-14H,2,4-5,7-10H2,1H3,(H,20,24)(H,21,26). The minimum atomic E-state index is -0.449. The van der Waals surface area contributed by atoms with Gasteiger partial charge in [0.1, 0.15) is 0 Å². The lowest BCUT2D eigenvalue weighted by Gasteiger charge is -2.32. The highest BCUT2D eigenvalue weighted by Crippen LogP contribution is 2.29. The summed E-state index contributed by atoms with van der Waals surface area (Å²) in [7, 11) is 0. The highest BCUT2D eigenvalue weighted by molar-refractivity contribution is 5.97. The number of piperidine rings is 1. The van der Waals surface area contributed by atoms with Crippen LogP contribution in [0.4, 0.5) is 0 Å². The van der Waals surface area contributed by atoms with Crippen LogP contribution in [-0.4, -0.2) is 45.5 Å². The molecule has 0 spiro atoms. The first-order valence-electron chi connectivity index (χ1n) is 9.38. The van der Waals surface area contributed by atoms with E-state index in [0.717, 1.165) is 36.5 Å². The number of aromatic nitrogens is 2. The third-order valence-electron chi connectivity index (χ3n) is 5.49. The fraction of sp³-hybridized carbons (Fsp3) is 0.526. The lowest BCUT2D eigenvalue weighted by atomic mass is 10.0. The first-order chi connectivity index (χ1) is 12.6. The molecule has 0 unspecified atom stereocenters. The Morgan fingerprint density at radius 2 is 1.92 bits per heavy atom. The Hall–Kier alpha value is -2.41. The van der Waals surface area contributed by atoms with Gasteiger partial charge in [-0.25, -0.2) is 4.79 Å². The van der Waals surface area contributed by atoms with Crippen LogP contribution >= 0.6 is 0 Å². The zero-order valence-electron chi connectivity index (χ0n) is 15.0. The Morgan fingerprint density at radius 1 is 1.19 bits per heavy atom. The van der Waals surface area contributed by atoms with Crippen LogP contribution in [0.2, 0.25) is 0 Å². The Morgan fingerprint density at radius 3 is 2.58 bits per heavy atom. The molecule has 1 saturated carbocycles. The number of carbonyl (C=O) groups is 1. The highest BCUT2D eigenvalue weighted by Gasteiger charge is 2.32. The summed E-state index contributed by atoms with van der Waals surface area (Å²) in [5.74, 6) is -0.155. The number of likely N-dealkylation sites (tertiary alicyclic amines) is 1. The molecule has 1 aliphatic heterocycles. The van der Waals surface area contributed by atoms with Crippen molar-refractivity contribution in [3.63, 3.8) is 0 Å². The van der Waals surface area contributed by atoms with Crippen molar-refractivity contribution in [3.05, 3.63) is 44.6 Å². The Kier molecular flexibility index (Phi) is 4.40. The van der Waals surface area contributed by atoms with Crippen LogP contribution in [0.15, 0.2) is 27.8 Å². The van der Waals surface area contributed by atoms with E-state index in [4.69, 9.17) is 0 Å². The molecule has 1 saturated heterocycles. The van der Waals surface area contributed by atoms with E-state index in [0.29, 0.717) is 23.0 Å². The normalized spacial score (nSPS) is 19.0. The average Bonchev–Trinajstić information content (AvgIpc) is 3.47. The molecule has 1 aromatic carbocycles. The summed E-state index contributed by atoms with van der Waals surface area (Å²) in [6.07, 6.45) is 4.56. The van der Waals surface area contributed by atoms with Gasteiger partial charge in [0.2, 0.25) is 0 Å². The first kappa shape index (κ1) is 17.0. The van der Waals surface area contributed by atoms with Crippen LogP contribution < -0.4 is 16.6 Å². The largest absolute Gasteiger partial charge is 0.349 e. The fourth-order valence-corrected chi connectivity index (χ4v) is 3.80. The van der Waals surface area contributed by atoms with Gasteiger partial charge in [0.05, 0.1) is 10.9 Å². The topological polar surface area (TPSA) is 87.2 Å². The molecule has 2 heterocycles. The second-order valence-corrected chi connectivity index (χ2v) is 7.25. The number of nitrogens with one attached hydrogen (secondary N) is 2. The number of amides is 1. The quantitative estimate of drug-likeness (QED) is 0.858. The molecule has 0 radical (unpaired) electrons. The minimum Gasteiger partial charge on any atom is -0.349 e. The number of H-pyrrole nitrogens is 1. The summed E-state index contributed by atoms with van der Waals surface area (Å²) in [6, 6.07) is 5.81. The highest BCUT2D eigenvalue weighted by atomic mass is 16.2. The van der Waals surface area contributed by atoms with Gasteiger partial charge < -0.3 is 15.2 Å². The van der Waals surface area contributed by atoms with E-state index in [-0.39, 0.29) is 17.5 Å². The van der Waals surface area contributed by atoms with Gasteiger partial charge in [-0.05, 0) is 50.8 Å². The molecule has 0 atom stereocenters. The fourth-order valence-electron chi connectivity index (χ4n) is 3.80. The van der Waals surface area contributed by atoms with Crippen LogP contribution in [-0.2, 0) is 6.54 Å². The number of rotatable bonds is 4. The number of fused-ring (bicyclic) bond motifs is 1. The number of aromatic amines is 1. The summed E-state index contributed by atoms with van der Waals surface area (Å²) < 4.78 is 1.15. The molecule has 26 heavy (non-hydrogen) atoms.